The van der Waals surface area contributed by atoms with Gasteiger partial charge in [-0.15, -0.1) is 0 Å². The molecule has 0 radical (unpaired) electrons. The predicted octanol–water partition coefficient (Wildman–Crippen LogP) is 2.97. The maximum Gasteiger partial charge on any atom is 0.108 e. The molecule has 4 heteroatoms. The smallest absolute Gasteiger partial charge is 0.108 e. The van der Waals surface area contributed by atoms with E-state index >= 15 is 0 Å². The van der Waals surface area contributed by atoms with Gasteiger partial charge in [0.05, 0.1) is 29.1 Å². The molecule has 0 saturated carbocycles. The Morgan fingerprint density at radius 1 is 0.842 bits per heavy atom. The maximum absolute atomic E-state index is 4.42. The highest BCUT2D eigenvalue weighted by Crippen LogP contribution is 2.24. The molecule has 0 spiro atoms. The molecule has 19 heavy (non-hydrogen) atoms. The van der Waals surface area contributed by atoms with Gasteiger partial charge in [0.1, 0.15) is 11.8 Å². The van der Waals surface area contributed by atoms with E-state index in [1.54, 1.807) is 6.20 Å². The lowest BCUT2D eigenvalue weighted by Crippen LogP contribution is -1.93. The summed E-state index contributed by atoms with van der Waals surface area (Å²) in [6.07, 6.45) is 7.22. The minimum atomic E-state index is 0.891. The van der Waals surface area contributed by atoms with Crippen LogP contribution in [-0.2, 0) is 0 Å². The van der Waals surface area contributed by atoms with Gasteiger partial charge in [-0.2, -0.15) is 0 Å². The second-order valence-electron chi connectivity index (χ2n) is 4.33. The van der Waals surface area contributed by atoms with Crippen molar-refractivity contribution in [3.8, 4) is 5.69 Å². The van der Waals surface area contributed by atoms with E-state index < -0.39 is 0 Å². The number of fused-ring (bicyclic) bond motifs is 3. The van der Waals surface area contributed by atoms with Crippen molar-refractivity contribution >= 4 is 21.9 Å². The Hall–Kier alpha value is -2.75. The topological polar surface area (TPSA) is 43.6 Å². The van der Waals surface area contributed by atoms with Gasteiger partial charge in [-0.3, -0.25) is 14.5 Å². The van der Waals surface area contributed by atoms with E-state index in [1.807, 2.05) is 53.6 Å². The second-order valence-corrected chi connectivity index (χ2v) is 4.33. The van der Waals surface area contributed by atoms with E-state index in [-0.39, 0.29) is 0 Å². The second kappa shape index (κ2) is 3.88. The highest BCUT2D eigenvalue weighted by molar-refractivity contribution is 6.02. The Morgan fingerprint density at radius 3 is 2.68 bits per heavy atom. The molecule has 4 aromatic rings. The molecule has 3 aromatic heterocycles. The first-order chi connectivity index (χ1) is 9.43. The van der Waals surface area contributed by atoms with E-state index in [0.717, 1.165) is 27.6 Å². The van der Waals surface area contributed by atoms with E-state index in [1.165, 1.54) is 0 Å². The van der Waals surface area contributed by atoms with Crippen molar-refractivity contribution in [3.05, 3.63) is 61.3 Å². The van der Waals surface area contributed by atoms with Crippen molar-refractivity contribution in [1.82, 2.24) is 19.5 Å². The minimum absolute atomic E-state index is 0.891. The number of pyridine rings is 2. The summed E-state index contributed by atoms with van der Waals surface area (Å²) in [7, 11) is 0. The zero-order chi connectivity index (χ0) is 12.7. The van der Waals surface area contributed by atoms with Gasteiger partial charge in [0, 0.05) is 11.6 Å². The first-order valence-corrected chi connectivity index (χ1v) is 6.05. The number of imidazole rings is 1. The van der Waals surface area contributed by atoms with Crippen molar-refractivity contribution in [2.75, 3.05) is 0 Å². The van der Waals surface area contributed by atoms with Crippen LogP contribution in [0, 0.1) is 0 Å². The van der Waals surface area contributed by atoms with Crippen LogP contribution >= 0.6 is 0 Å². The van der Waals surface area contributed by atoms with E-state index in [9.17, 15) is 0 Å². The lowest BCUT2D eigenvalue weighted by atomic mass is 10.2. The van der Waals surface area contributed by atoms with Crippen LogP contribution in [0.1, 0.15) is 0 Å². The van der Waals surface area contributed by atoms with Crippen molar-refractivity contribution in [2.24, 2.45) is 0 Å². The van der Waals surface area contributed by atoms with Crippen LogP contribution in [0.15, 0.2) is 61.3 Å². The number of benzene rings is 1. The quantitative estimate of drug-likeness (QED) is 0.518. The molecule has 0 N–H and O–H groups in total. The van der Waals surface area contributed by atoms with Crippen molar-refractivity contribution in [2.45, 2.75) is 0 Å². The standard InChI is InChI=1S/C15H10N4/c1-2-6-13-12(5-1)15-14(9-17-13)18-10-19(15)11-4-3-7-16-8-11/h1-10H. The van der Waals surface area contributed by atoms with Crippen molar-refractivity contribution < 1.29 is 0 Å². The van der Waals surface area contributed by atoms with Gasteiger partial charge < -0.3 is 0 Å². The van der Waals surface area contributed by atoms with Gasteiger partial charge in [-0.05, 0) is 18.2 Å². The van der Waals surface area contributed by atoms with Gasteiger partial charge in [0.2, 0.25) is 0 Å². The Labute approximate surface area is 109 Å². The third kappa shape index (κ3) is 1.50. The first kappa shape index (κ1) is 10.2. The Balaban J connectivity index is 2.15. The number of hydrogen-bond acceptors (Lipinski definition) is 3. The first-order valence-electron chi connectivity index (χ1n) is 6.05. The highest BCUT2D eigenvalue weighted by Gasteiger charge is 2.09. The molecular formula is C15H10N4. The summed E-state index contributed by atoms with van der Waals surface area (Å²) in [5, 5.41) is 1.10. The third-order valence-electron chi connectivity index (χ3n) is 3.20. The molecule has 0 aliphatic carbocycles. The summed E-state index contributed by atoms with van der Waals surface area (Å²) in [5.41, 5.74) is 3.93. The molecule has 4 nitrogen and oxygen atoms in total. The summed E-state index contributed by atoms with van der Waals surface area (Å²) in [6.45, 7) is 0. The van der Waals surface area contributed by atoms with Crippen molar-refractivity contribution in [3.63, 3.8) is 0 Å². The molecule has 0 saturated heterocycles. The minimum Gasteiger partial charge on any atom is -0.297 e. The number of rotatable bonds is 1. The summed E-state index contributed by atoms with van der Waals surface area (Å²) in [5.74, 6) is 0. The molecule has 0 atom stereocenters. The van der Waals surface area contributed by atoms with Crippen LogP contribution in [0.2, 0.25) is 0 Å². The SMILES string of the molecule is c1cncc(-n2cnc3cnc4ccccc4c32)c1. The van der Waals surface area contributed by atoms with E-state index in [0.29, 0.717) is 0 Å². The molecule has 0 unspecified atom stereocenters. The number of aromatic nitrogens is 4. The summed E-state index contributed by atoms with van der Waals surface area (Å²) in [4.78, 5) is 13.0. The molecule has 0 fully saturated rings. The van der Waals surface area contributed by atoms with Gasteiger partial charge in [-0.1, -0.05) is 18.2 Å². The van der Waals surface area contributed by atoms with Gasteiger partial charge in [-0.25, -0.2) is 4.98 Å². The molecule has 0 bridgehead atoms. The summed E-state index contributed by atoms with van der Waals surface area (Å²) >= 11 is 0. The fraction of sp³-hybridized carbons (Fsp3) is 0. The largest absolute Gasteiger partial charge is 0.297 e. The Kier molecular flexibility index (Phi) is 2.08. The molecular weight excluding hydrogens is 236 g/mol. The summed E-state index contributed by atoms with van der Waals surface area (Å²) in [6, 6.07) is 12.0. The van der Waals surface area contributed by atoms with Crippen LogP contribution in [0.3, 0.4) is 0 Å². The van der Waals surface area contributed by atoms with Gasteiger partial charge in [0.25, 0.3) is 0 Å². The van der Waals surface area contributed by atoms with Gasteiger partial charge in [0.15, 0.2) is 0 Å². The van der Waals surface area contributed by atoms with Crippen LogP contribution in [0.25, 0.3) is 27.6 Å². The van der Waals surface area contributed by atoms with Crippen LogP contribution in [0.5, 0.6) is 0 Å². The predicted molar refractivity (Wildman–Crippen MR) is 74.2 cm³/mol. The fourth-order valence-electron chi connectivity index (χ4n) is 2.33. The lowest BCUT2D eigenvalue weighted by molar-refractivity contribution is 1.07. The molecule has 1 aromatic carbocycles. The van der Waals surface area contributed by atoms with Gasteiger partial charge >= 0.3 is 0 Å². The monoisotopic (exact) mass is 246 g/mol. The van der Waals surface area contributed by atoms with E-state index in [4.69, 9.17) is 0 Å². The zero-order valence-corrected chi connectivity index (χ0v) is 10.1. The number of hydrogen-bond donors (Lipinski definition) is 0. The average molecular weight is 246 g/mol. The third-order valence-corrected chi connectivity index (χ3v) is 3.20. The summed E-state index contributed by atoms with van der Waals surface area (Å²) < 4.78 is 2.05. The maximum atomic E-state index is 4.42. The lowest BCUT2D eigenvalue weighted by Gasteiger charge is -2.05. The van der Waals surface area contributed by atoms with Crippen LogP contribution < -0.4 is 0 Å². The van der Waals surface area contributed by atoms with Crippen LogP contribution in [-0.4, -0.2) is 19.5 Å². The Morgan fingerprint density at radius 2 is 1.79 bits per heavy atom. The normalized spacial score (nSPS) is 11.2. The molecule has 0 aliphatic heterocycles. The van der Waals surface area contributed by atoms with Crippen molar-refractivity contribution in [1.29, 1.82) is 0 Å². The molecule has 90 valence electrons. The molecule has 3 heterocycles. The highest BCUT2D eigenvalue weighted by atomic mass is 15.1. The Bertz CT molecular complexity index is 865. The average Bonchev–Trinajstić information content (AvgIpc) is 2.92. The number of nitrogens with zero attached hydrogens (tertiary/aromatic N) is 4. The van der Waals surface area contributed by atoms with E-state index in [2.05, 4.69) is 21.0 Å². The molecule has 0 amide bonds. The zero-order valence-electron chi connectivity index (χ0n) is 10.1. The van der Waals surface area contributed by atoms with Crippen LogP contribution in [0.4, 0.5) is 0 Å². The fourth-order valence-corrected chi connectivity index (χ4v) is 2.33. The molecule has 4 rings (SSSR count). The number of para-hydroxylation sites is 1. The molecule has 0 aliphatic rings.